The molecule has 1 aliphatic rings. The van der Waals surface area contributed by atoms with Gasteiger partial charge < -0.3 is 9.47 Å². The SMILES string of the molecule is COC1CN(C(C)OC)C1. The van der Waals surface area contributed by atoms with Gasteiger partial charge in [0.1, 0.15) is 6.23 Å². The van der Waals surface area contributed by atoms with Crippen LogP contribution >= 0.6 is 0 Å². The van der Waals surface area contributed by atoms with Gasteiger partial charge in [-0.05, 0) is 6.92 Å². The minimum Gasteiger partial charge on any atom is -0.379 e. The molecule has 0 radical (unpaired) electrons. The minimum atomic E-state index is 0.242. The maximum Gasteiger partial charge on any atom is 0.107 e. The molecule has 1 rings (SSSR count). The molecule has 0 bridgehead atoms. The molecule has 0 spiro atoms. The topological polar surface area (TPSA) is 21.7 Å². The molecule has 3 heteroatoms. The summed E-state index contributed by atoms with van der Waals surface area (Å²) in [6.45, 7) is 4.06. The van der Waals surface area contributed by atoms with E-state index in [0.29, 0.717) is 6.10 Å². The van der Waals surface area contributed by atoms with Gasteiger partial charge in [-0.1, -0.05) is 0 Å². The highest BCUT2D eigenvalue weighted by atomic mass is 16.5. The first kappa shape index (κ1) is 7.98. The molecule has 0 aromatic carbocycles. The second-order valence-corrected chi connectivity index (χ2v) is 2.65. The van der Waals surface area contributed by atoms with E-state index in [9.17, 15) is 0 Å². The van der Waals surface area contributed by atoms with Crippen molar-refractivity contribution >= 4 is 0 Å². The van der Waals surface area contributed by atoms with Crippen molar-refractivity contribution in [2.45, 2.75) is 19.3 Å². The predicted octanol–water partition coefficient (Wildman–Crippen LogP) is 0.309. The number of rotatable bonds is 3. The van der Waals surface area contributed by atoms with Crippen molar-refractivity contribution in [3.8, 4) is 0 Å². The van der Waals surface area contributed by atoms with Crippen LogP contribution in [0.15, 0.2) is 0 Å². The quantitative estimate of drug-likeness (QED) is 0.570. The van der Waals surface area contributed by atoms with Crippen LogP contribution in [0, 0.1) is 0 Å². The van der Waals surface area contributed by atoms with E-state index in [0.717, 1.165) is 13.1 Å². The molecule has 3 nitrogen and oxygen atoms in total. The maximum atomic E-state index is 5.12. The zero-order valence-corrected chi connectivity index (χ0v) is 6.83. The molecule has 1 unspecified atom stereocenters. The van der Waals surface area contributed by atoms with E-state index in [1.165, 1.54) is 0 Å². The van der Waals surface area contributed by atoms with Crippen LogP contribution < -0.4 is 0 Å². The Kier molecular flexibility index (Phi) is 2.65. The molecule has 0 N–H and O–H groups in total. The first-order valence-corrected chi connectivity index (χ1v) is 3.57. The Balaban J connectivity index is 2.13. The van der Waals surface area contributed by atoms with Gasteiger partial charge in [-0.2, -0.15) is 0 Å². The molecule has 1 atom stereocenters. The lowest BCUT2D eigenvalue weighted by Crippen LogP contribution is -2.55. The van der Waals surface area contributed by atoms with Crippen molar-refractivity contribution in [3.05, 3.63) is 0 Å². The summed E-state index contributed by atoms with van der Waals surface area (Å²) in [5.74, 6) is 0. The van der Waals surface area contributed by atoms with Crippen LogP contribution in [0.5, 0.6) is 0 Å². The third-order valence-corrected chi connectivity index (χ3v) is 2.06. The summed E-state index contributed by atoms with van der Waals surface area (Å²) in [4.78, 5) is 2.23. The highest BCUT2D eigenvalue weighted by Gasteiger charge is 2.29. The highest BCUT2D eigenvalue weighted by Crippen LogP contribution is 2.14. The Morgan fingerprint density at radius 2 is 2.00 bits per heavy atom. The van der Waals surface area contributed by atoms with E-state index in [1.807, 2.05) is 6.92 Å². The largest absolute Gasteiger partial charge is 0.379 e. The normalized spacial score (nSPS) is 24.3. The Bertz CT molecular complexity index is 102. The third kappa shape index (κ3) is 1.48. The van der Waals surface area contributed by atoms with Crippen molar-refractivity contribution in [1.29, 1.82) is 0 Å². The van der Waals surface area contributed by atoms with Gasteiger partial charge in [0.25, 0.3) is 0 Å². The zero-order chi connectivity index (χ0) is 7.56. The van der Waals surface area contributed by atoms with Crippen molar-refractivity contribution in [2.24, 2.45) is 0 Å². The molecule has 0 aromatic rings. The second kappa shape index (κ2) is 3.32. The van der Waals surface area contributed by atoms with Crippen LogP contribution in [0.25, 0.3) is 0 Å². The van der Waals surface area contributed by atoms with Crippen molar-refractivity contribution < 1.29 is 9.47 Å². The number of hydrogen-bond donors (Lipinski definition) is 0. The molecule has 0 aromatic heterocycles. The van der Waals surface area contributed by atoms with Crippen LogP contribution in [-0.2, 0) is 9.47 Å². The number of ether oxygens (including phenoxy) is 2. The lowest BCUT2D eigenvalue weighted by Gasteiger charge is -2.41. The fraction of sp³-hybridized carbons (Fsp3) is 1.00. The first-order chi connectivity index (χ1) is 4.77. The van der Waals surface area contributed by atoms with Gasteiger partial charge in [-0.3, -0.25) is 4.90 Å². The molecule has 1 fully saturated rings. The minimum absolute atomic E-state index is 0.242. The number of likely N-dealkylation sites (tertiary alicyclic amines) is 1. The van der Waals surface area contributed by atoms with Crippen molar-refractivity contribution in [3.63, 3.8) is 0 Å². The van der Waals surface area contributed by atoms with Crippen LogP contribution in [0.3, 0.4) is 0 Å². The van der Waals surface area contributed by atoms with Gasteiger partial charge in [-0.15, -0.1) is 0 Å². The van der Waals surface area contributed by atoms with Gasteiger partial charge in [0.15, 0.2) is 0 Å². The fourth-order valence-corrected chi connectivity index (χ4v) is 1.06. The lowest BCUT2D eigenvalue weighted by molar-refractivity contribution is -0.118. The lowest BCUT2D eigenvalue weighted by atomic mass is 10.1. The summed E-state index contributed by atoms with van der Waals surface area (Å²) in [6.07, 6.45) is 0.670. The van der Waals surface area contributed by atoms with E-state index < -0.39 is 0 Å². The molecule has 1 saturated heterocycles. The molecular formula is C7H15NO2. The smallest absolute Gasteiger partial charge is 0.107 e. The third-order valence-electron chi connectivity index (χ3n) is 2.06. The monoisotopic (exact) mass is 145 g/mol. The second-order valence-electron chi connectivity index (χ2n) is 2.65. The Morgan fingerprint density at radius 1 is 1.40 bits per heavy atom. The van der Waals surface area contributed by atoms with Gasteiger partial charge >= 0.3 is 0 Å². The van der Waals surface area contributed by atoms with Gasteiger partial charge in [0.05, 0.1) is 6.10 Å². The van der Waals surface area contributed by atoms with Crippen LogP contribution in [0.2, 0.25) is 0 Å². The summed E-state index contributed by atoms with van der Waals surface area (Å²) in [6, 6.07) is 0. The number of methoxy groups -OCH3 is 2. The van der Waals surface area contributed by atoms with Crippen LogP contribution in [0.4, 0.5) is 0 Å². The van der Waals surface area contributed by atoms with E-state index in [4.69, 9.17) is 9.47 Å². The summed E-state index contributed by atoms with van der Waals surface area (Å²) in [7, 11) is 3.48. The standard InChI is InChI=1S/C7H15NO2/c1-6(9-2)8-4-7(5-8)10-3/h6-7H,4-5H2,1-3H3. The van der Waals surface area contributed by atoms with Gasteiger partial charge in [0.2, 0.25) is 0 Å². The van der Waals surface area contributed by atoms with Crippen LogP contribution in [-0.4, -0.2) is 44.5 Å². The zero-order valence-electron chi connectivity index (χ0n) is 6.83. The first-order valence-electron chi connectivity index (χ1n) is 3.57. The summed E-state index contributed by atoms with van der Waals surface area (Å²) in [5, 5.41) is 0. The predicted molar refractivity (Wildman–Crippen MR) is 38.8 cm³/mol. The highest BCUT2D eigenvalue weighted by molar-refractivity contribution is 4.80. The fourth-order valence-electron chi connectivity index (χ4n) is 1.06. The number of nitrogens with zero attached hydrogens (tertiary/aromatic N) is 1. The van der Waals surface area contributed by atoms with Gasteiger partial charge in [0, 0.05) is 27.3 Å². The molecule has 0 aliphatic carbocycles. The summed E-state index contributed by atoms with van der Waals surface area (Å²) in [5.41, 5.74) is 0. The Labute approximate surface area is 61.9 Å². The van der Waals surface area contributed by atoms with E-state index in [2.05, 4.69) is 4.90 Å². The molecular weight excluding hydrogens is 130 g/mol. The maximum absolute atomic E-state index is 5.12. The summed E-state index contributed by atoms with van der Waals surface area (Å²) < 4.78 is 10.2. The van der Waals surface area contributed by atoms with E-state index in [1.54, 1.807) is 14.2 Å². The molecule has 60 valence electrons. The van der Waals surface area contributed by atoms with Crippen LogP contribution in [0.1, 0.15) is 6.92 Å². The van der Waals surface area contributed by atoms with E-state index in [-0.39, 0.29) is 6.23 Å². The Hall–Kier alpha value is -0.120. The molecule has 0 amide bonds. The summed E-state index contributed by atoms with van der Waals surface area (Å²) >= 11 is 0. The molecule has 10 heavy (non-hydrogen) atoms. The van der Waals surface area contributed by atoms with Gasteiger partial charge in [-0.25, -0.2) is 0 Å². The average molecular weight is 145 g/mol. The molecule has 0 saturated carbocycles. The van der Waals surface area contributed by atoms with Crippen molar-refractivity contribution in [2.75, 3.05) is 27.3 Å². The Morgan fingerprint density at radius 3 is 2.40 bits per heavy atom. The molecule has 1 heterocycles. The van der Waals surface area contributed by atoms with Crippen molar-refractivity contribution in [1.82, 2.24) is 4.90 Å². The number of hydrogen-bond acceptors (Lipinski definition) is 3. The molecule has 1 aliphatic heterocycles. The average Bonchev–Trinajstić information content (AvgIpc) is 1.85. The van der Waals surface area contributed by atoms with E-state index >= 15 is 0 Å².